The molecule has 1 aromatic rings. The second kappa shape index (κ2) is 8.33. The molecule has 1 aromatic carbocycles. The van der Waals surface area contributed by atoms with Crippen molar-refractivity contribution in [3.63, 3.8) is 0 Å². The van der Waals surface area contributed by atoms with Crippen molar-refractivity contribution < 1.29 is 24.1 Å². The monoisotopic (exact) mass is 346 g/mol. The zero-order valence-corrected chi connectivity index (χ0v) is 13.3. The van der Waals surface area contributed by atoms with Crippen LogP contribution in [0.1, 0.15) is 12.8 Å². The zero-order chi connectivity index (χ0) is 16.8. The molecule has 0 spiro atoms. The lowest BCUT2D eigenvalue weighted by atomic mass is 10.1. The Morgan fingerprint density at radius 2 is 2.35 bits per heavy atom. The molecule has 1 aliphatic heterocycles. The Balaban J connectivity index is 1.76. The van der Waals surface area contributed by atoms with E-state index in [2.05, 4.69) is 5.32 Å². The number of aliphatic hydroxyl groups excluding tert-OH is 1. The number of rotatable bonds is 6. The van der Waals surface area contributed by atoms with Gasteiger partial charge in [0, 0.05) is 25.2 Å². The van der Waals surface area contributed by atoms with E-state index in [1.165, 1.54) is 18.2 Å². The molecule has 1 amide bonds. The molecular formula is C15H20ClFN2O4. The lowest BCUT2D eigenvalue weighted by Crippen LogP contribution is -2.49. The zero-order valence-electron chi connectivity index (χ0n) is 12.5. The van der Waals surface area contributed by atoms with Gasteiger partial charge in [-0.1, -0.05) is 11.6 Å². The van der Waals surface area contributed by atoms with Gasteiger partial charge in [-0.25, -0.2) is 9.18 Å². The Labute approximate surface area is 138 Å². The van der Waals surface area contributed by atoms with Crippen molar-refractivity contribution in [1.82, 2.24) is 10.2 Å². The van der Waals surface area contributed by atoms with Gasteiger partial charge in [-0.05, 0) is 31.5 Å². The minimum absolute atomic E-state index is 0.0168. The summed E-state index contributed by atoms with van der Waals surface area (Å²) in [4.78, 5) is 12.7. The number of benzene rings is 1. The highest BCUT2D eigenvalue weighted by Crippen LogP contribution is 2.20. The molecule has 0 saturated carbocycles. The van der Waals surface area contributed by atoms with Gasteiger partial charge in [0.15, 0.2) is 0 Å². The van der Waals surface area contributed by atoms with Crippen LogP contribution >= 0.6 is 11.6 Å². The number of halogens is 2. The number of likely N-dealkylation sites (tertiary alicyclic amines) is 1. The Kier molecular flexibility index (Phi) is 6.44. The van der Waals surface area contributed by atoms with Crippen LogP contribution < -0.4 is 10.1 Å². The van der Waals surface area contributed by atoms with E-state index in [9.17, 15) is 14.3 Å². The molecule has 6 nitrogen and oxygen atoms in total. The van der Waals surface area contributed by atoms with E-state index < -0.39 is 18.0 Å². The molecule has 2 atom stereocenters. The van der Waals surface area contributed by atoms with Crippen LogP contribution in [0, 0.1) is 5.82 Å². The summed E-state index contributed by atoms with van der Waals surface area (Å²) < 4.78 is 18.6. The second-order valence-corrected chi connectivity index (χ2v) is 6.00. The summed E-state index contributed by atoms with van der Waals surface area (Å²) >= 11 is 5.59. The number of nitrogens with zero attached hydrogens (tertiary/aromatic N) is 1. The van der Waals surface area contributed by atoms with Crippen molar-refractivity contribution in [3.05, 3.63) is 29.0 Å². The summed E-state index contributed by atoms with van der Waals surface area (Å²) in [6.07, 6.45) is -0.136. The Hall–Kier alpha value is -1.57. The molecule has 2 rings (SSSR count). The second-order valence-electron chi connectivity index (χ2n) is 5.59. The molecule has 8 heteroatoms. The molecular weight excluding hydrogens is 327 g/mol. The van der Waals surface area contributed by atoms with Gasteiger partial charge in [-0.2, -0.15) is 0 Å². The number of aliphatic hydroxyl groups is 1. The number of nitrogens with one attached hydrogen (secondary N) is 1. The fourth-order valence-electron chi connectivity index (χ4n) is 2.62. The number of carbonyl (C=O) groups is 1. The summed E-state index contributed by atoms with van der Waals surface area (Å²) in [7, 11) is 0. The molecule has 1 fully saturated rings. The molecule has 1 aliphatic rings. The van der Waals surface area contributed by atoms with Gasteiger partial charge in [0.1, 0.15) is 24.3 Å². The maximum atomic E-state index is 13.3. The van der Waals surface area contributed by atoms with Gasteiger partial charge < -0.3 is 20.3 Å². The van der Waals surface area contributed by atoms with Crippen molar-refractivity contribution in [1.29, 1.82) is 0 Å². The van der Waals surface area contributed by atoms with Crippen LogP contribution in [0.15, 0.2) is 18.2 Å². The van der Waals surface area contributed by atoms with Crippen LogP contribution in [0.25, 0.3) is 0 Å². The molecule has 0 radical (unpaired) electrons. The van der Waals surface area contributed by atoms with Crippen molar-refractivity contribution in [2.75, 3.05) is 26.2 Å². The van der Waals surface area contributed by atoms with Gasteiger partial charge in [0.05, 0.1) is 5.02 Å². The first-order valence-electron chi connectivity index (χ1n) is 7.42. The van der Waals surface area contributed by atoms with Gasteiger partial charge in [-0.15, -0.1) is 0 Å². The standard InChI is InChI=1S/C15H20ClFN2O4/c16-13-4-3-12(6-14(13)17)23-9-11(20)8-19-5-1-2-10(7-19)18-15(21)22/h3-4,6,10-11,18,20H,1-2,5,7-9H2,(H,21,22). The van der Waals surface area contributed by atoms with Gasteiger partial charge in [0.2, 0.25) is 0 Å². The first-order valence-corrected chi connectivity index (χ1v) is 7.79. The third-order valence-corrected chi connectivity index (χ3v) is 3.94. The molecule has 2 unspecified atom stereocenters. The minimum Gasteiger partial charge on any atom is -0.491 e. The Morgan fingerprint density at radius 3 is 3.04 bits per heavy atom. The van der Waals surface area contributed by atoms with Crippen LogP contribution in [0.3, 0.4) is 0 Å². The van der Waals surface area contributed by atoms with E-state index >= 15 is 0 Å². The smallest absolute Gasteiger partial charge is 0.404 e. The maximum absolute atomic E-state index is 13.3. The fourth-order valence-corrected chi connectivity index (χ4v) is 2.74. The lowest BCUT2D eigenvalue weighted by molar-refractivity contribution is 0.0560. The van der Waals surface area contributed by atoms with Crippen LogP contribution in [-0.4, -0.2) is 59.6 Å². The number of ether oxygens (including phenoxy) is 1. The lowest BCUT2D eigenvalue weighted by Gasteiger charge is -2.33. The average molecular weight is 347 g/mol. The van der Waals surface area contributed by atoms with Crippen LogP contribution in [0.2, 0.25) is 5.02 Å². The maximum Gasteiger partial charge on any atom is 0.404 e. The molecule has 0 bridgehead atoms. The van der Waals surface area contributed by atoms with E-state index in [0.29, 0.717) is 18.8 Å². The molecule has 0 aliphatic carbocycles. The number of carboxylic acid groups (broad SMARTS) is 1. The summed E-state index contributed by atoms with van der Waals surface area (Å²) in [5, 5.41) is 21.3. The molecule has 128 valence electrons. The Morgan fingerprint density at radius 1 is 1.57 bits per heavy atom. The number of hydrogen-bond acceptors (Lipinski definition) is 4. The van der Waals surface area contributed by atoms with Crippen LogP contribution in [0.4, 0.5) is 9.18 Å². The third-order valence-electron chi connectivity index (χ3n) is 3.64. The summed E-state index contributed by atoms with van der Waals surface area (Å²) in [5.74, 6) is -0.271. The Bertz CT molecular complexity index is 546. The largest absolute Gasteiger partial charge is 0.491 e. The predicted octanol–water partition coefficient (Wildman–Crippen LogP) is 1.95. The van der Waals surface area contributed by atoms with E-state index in [4.69, 9.17) is 21.4 Å². The first-order chi connectivity index (χ1) is 10.9. The van der Waals surface area contributed by atoms with E-state index in [1.54, 1.807) is 0 Å². The average Bonchev–Trinajstić information content (AvgIpc) is 2.48. The topological polar surface area (TPSA) is 82.0 Å². The highest BCUT2D eigenvalue weighted by molar-refractivity contribution is 6.30. The fraction of sp³-hybridized carbons (Fsp3) is 0.533. The van der Waals surface area contributed by atoms with Crippen LogP contribution in [-0.2, 0) is 0 Å². The SMILES string of the molecule is O=C(O)NC1CCCN(CC(O)COc2ccc(Cl)c(F)c2)C1. The number of β-amino-alcohol motifs (C(OH)–C–C–N with tert-alkyl or cyclic N) is 1. The van der Waals surface area contributed by atoms with Gasteiger partial charge >= 0.3 is 6.09 Å². The normalized spacial score (nSPS) is 20.0. The molecule has 3 N–H and O–H groups in total. The number of amides is 1. The highest BCUT2D eigenvalue weighted by Gasteiger charge is 2.23. The van der Waals surface area contributed by atoms with Crippen molar-refractivity contribution in [3.8, 4) is 5.75 Å². The van der Waals surface area contributed by atoms with E-state index in [-0.39, 0.29) is 17.7 Å². The predicted molar refractivity (Wildman–Crippen MR) is 83.5 cm³/mol. The minimum atomic E-state index is -1.04. The van der Waals surface area contributed by atoms with Crippen molar-refractivity contribution in [2.24, 2.45) is 0 Å². The van der Waals surface area contributed by atoms with Crippen molar-refractivity contribution >= 4 is 17.7 Å². The first kappa shape index (κ1) is 17.8. The molecule has 1 saturated heterocycles. The third kappa shape index (κ3) is 5.85. The van der Waals surface area contributed by atoms with Crippen molar-refractivity contribution in [2.45, 2.75) is 25.0 Å². The van der Waals surface area contributed by atoms with Crippen LogP contribution in [0.5, 0.6) is 5.75 Å². The van der Waals surface area contributed by atoms with E-state index in [1.807, 2.05) is 4.90 Å². The summed E-state index contributed by atoms with van der Waals surface area (Å²) in [6.45, 7) is 1.74. The molecule has 23 heavy (non-hydrogen) atoms. The number of hydrogen-bond donors (Lipinski definition) is 3. The quantitative estimate of drug-likeness (QED) is 0.733. The van der Waals surface area contributed by atoms with Gasteiger partial charge in [0.25, 0.3) is 0 Å². The summed E-state index contributed by atoms with van der Waals surface area (Å²) in [5.41, 5.74) is 0. The summed E-state index contributed by atoms with van der Waals surface area (Å²) in [6, 6.07) is 3.97. The number of piperidine rings is 1. The molecule has 1 heterocycles. The molecule has 0 aromatic heterocycles. The highest BCUT2D eigenvalue weighted by atomic mass is 35.5. The van der Waals surface area contributed by atoms with Gasteiger partial charge in [-0.3, -0.25) is 4.90 Å². The van der Waals surface area contributed by atoms with E-state index in [0.717, 1.165) is 19.4 Å².